The first-order chi connectivity index (χ1) is 13.3. The van der Waals surface area contributed by atoms with Gasteiger partial charge in [-0.25, -0.2) is 0 Å². The monoisotopic (exact) mass is 434 g/mol. The summed E-state index contributed by atoms with van der Waals surface area (Å²) in [7, 11) is 0. The molecule has 0 bridgehead atoms. The lowest BCUT2D eigenvalue weighted by molar-refractivity contribution is -0.138. The molecule has 28 heavy (non-hydrogen) atoms. The molecule has 0 unspecified atom stereocenters. The van der Waals surface area contributed by atoms with Crippen molar-refractivity contribution in [1.29, 1.82) is 0 Å². The van der Waals surface area contributed by atoms with Gasteiger partial charge in [0, 0.05) is 0 Å². The Morgan fingerprint density at radius 2 is 1.96 bits per heavy atom. The average molecular weight is 435 g/mol. The Balaban J connectivity index is 1.69. The molecule has 1 amide bonds. The summed E-state index contributed by atoms with van der Waals surface area (Å²) in [5, 5.41) is 11.8. The summed E-state index contributed by atoms with van der Waals surface area (Å²) in [5.41, 5.74) is 7.01. The zero-order valence-electron chi connectivity index (χ0n) is 14.3. The Bertz CT molecular complexity index is 976. The number of benzene rings is 2. The van der Waals surface area contributed by atoms with Crippen molar-refractivity contribution in [3.8, 4) is 11.5 Å². The first-order valence-electron chi connectivity index (χ1n) is 8.11. The summed E-state index contributed by atoms with van der Waals surface area (Å²) in [5.74, 6) is -0.179. The number of aliphatic carboxylic acids is 1. The third-order valence-electron chi connectivity index (χ3n) is 3.83. The number of rotatable bonds is 6. The molecule has 1 aliphatic heterocycles. The van der Waals surface area contributed by atoms with Crippen LogP contribution in [0.2, 0.25) is 5.02 Å². The molecule has 1 atom stereocenters. The van der Waals surface area contributed by atoms with Crippen LogP contribution in [0.15, 0.2) is 47.4 Å². The van der Waals surface area contributed by atoms with Gasteiger partial charge in [-0.2, -0.15) is 0 Å². The minimum Gasteiger partial charge on any atom is -0.480 e. The molecule has 4 N–H and O–H groups in total. The number of thioether (sulfide) groups is 1. The smallest absolute Gasteiger partial charge is 0.320 e. The minimum atomic E-state index is -1.04. The maximum absolute atomic E-state index is 11.7. The van der Waals surface area contributed by atoms with Crippen LogP contribution >= 0.6 is 35.6 Å². The summed E-state index contributed by atoms with van der Waals surface area (Å²) in [6, 6.07) is 11.2. The Kier molecular flexibility index (Phi) is 6.35. The van der Waals surface area contributed by atoms with E-state index in [-0.39, 0.29) is 12.3 Å². The van der Waals surface area contributed by atoms with Crippen molar-refractivity contribution in [2.45, 2.75) is 12.5 Å². The van der Waals surface area contributed by atoms with E-state index >= 15 is 0 Å². The molecule has 144 valence electrons. The van der Waals surface area contributed by atoms with Crippen LogP contribution < -0.4 is 15.8 Å². The standard InChI is InChI=1S/C19H15ClN2O4S2/c20-14-9-13(6-3-11(14)8-16-17(23)22-19(27)28-16)26-12-4-1-10(2-5-12)7-15(21)18(24)25/h1-6,8-9,15H,7,21H2,(H,24,25)(H,22,23,27)/t15-/m0/s1. The van der Waals surface area contributed by atoms with E-state index in [1.54, 1.807) is 48.5 Å². The fourth-order valence-electron chi connectivity index (χ4n) is 2.42. The molecule has 0 spiro atoms. The number of halogens is 1. The van der Waals surface area contributed by atoms with Gasteiger partial charge in [-0.05, 0) is 54.0 Å². The number of hydrogen-bond acceptors (Lipinski definition) is 6. The molecule has 0 aliphatic carbocycles. The molecule has 0 aromatic heterocycles. The number of hydrogen-bond donors (Lipinski definition) is 3. The number of carbonyl (C=O) groups is 2. The van der Waals surface area contributed by atoms with Crippen LogP contribution in [-0.4, -0.2) is 27.3 Å². The topological polar surface area (TPSA) is 102 Å². The Labute approximate surface area is 175 Å². The zero-order valence-corrected chi connectivity index (χ0v) is 16.7. The van der Waals surface area contributed by atoms with Crippen molar-refractivity contribution in [2.24, 2.45) is 5.73 Å². The van der Waals surface area contributed by atoms with E-state index < -0.39 is 12.0 Å². The summed E-state index contributed by atoms with van der Waals surface area (Å²) in [6.45, 7) is 0. The predicted octanol–water partition coefficient (Wildman–Crippen LogP) is 3.58. The second kappa shape index (κ2) is 8.74. The van der Waals surface area contributed by atoms with Crippen LogP contribution in [0.3, 0.4) is 0 Å². The number of nitrogens with two attached hydrogens (primary N) is 1. The molecule has 0 saturated carbocycles. The maximum atomic E-state index is 11.7. The molecule has 1 saturated heterocycles. The van der Waals surface area contributed by atoms with Crippen LogP contribution in [0.25, 0.3) is 6.08 Å². The second-order valence-corrected chi connectivity index (χ2v) is 8.06. The van der Waals surface area contributed by atoms with Gasteiger partial charge in [-0.15, -0.1) is 0 Å². The van der Waals surface area contributed by atoms with Crippen molar-refractivity contribution in [2.75, 3.05) is 0 Å². The largest absolute Gasteiger partial charge is 0.480 e. The van der Waals surface area contributed by atoms with E-state index in [2.05, 4.69) is 5.32 Å². The molecule has 6 nitrogen and oxygen atoms in total. The first-order valence-corrected chi connectivity index (χ1v) is 9.71. The highest BCUT2D eigenvalue weighted by Gasteiger charge is 2.22. The number of amides is 1. The Morgan fingerprint density at radius 1 is 1.29 bits per heavy atom. The highest BCUT2D eigenvalue weighted by molar-refractivity contribution is 8.26. The van der Waals surface area contributed by atoms with Crippen molar-refractivity contribution in [3.63, 3.8) is 0 Å². The second-order valence-electron chi connectivity index (χ2n) is 5.93. The number of carboxylic acid groups (broad SMARTS) is 1. The molecule has 1 aliphatic rings. The average Bonchev–Trinajstić information content (AvgIpc) is 2.96. The molecule has 1 fully saturated rings. The zero-order chi connectivity index (χ0) is 20.3. The fourth-order valence-corrected chi connectivity index (χ4v) is 3.68. The lowest BCUT2D eigenvalue weighted by Gasteiger charge is -2.10. The van der Waals surface area contributed by atoms with Crippen LogP contribution in [0.1, 0.15) is 11.1 Å². The van der Waals surface area contributed by atoms with Gasteiger partial charge in [-0.3, -0.25) is 9.59 Å². The molecular formula is C19H15ClN2O4S2. The molecule has 2 aromatic rings. The molecule has 0 radical (unpaired) electrons. The van der Waals surface area contributed by atoms with E-state index in [4.69, 9.17) is 39.4 Å². The van der Waals surface area contributed by atoms with Crippen molar-refractivity contribution in [1.82, 2.24) is 5.32 Å². The van der Waals surface area contributed by atoms with Crippen LogP contribution in [0, 0.1) is 0 Å². The molecule has 1 heterocycles. The van der Waals surface area contributed by atoms with E-state index in [0.717, 1.165) is 5.56 Å². The first kappa shape index (κ1) is 20.3. The number of carbonyl (C=O) groups excluding carboxylic acids is 1. The molecule has 3 rings (SSSR count). The van der Waals surface area contributed by atoms with Gasteiger partial charge < -0.3 is 20.9 Å². The normalized spacial score (nSPS) is 16.1. The van der Waals surface area contributed by atoms with Gasteiger partial charge in [-0.1, -0.05) is 47.7 Å². The molecular weight excluding hydrogens is 420 g/mol. The SMILES string of the molecule is N[C@@H](Cc1ccc(Oc2ccc(C=C3SC(=S)NC3=O)c(Cl)c2)cc1)C(=O)O. The van der Waals surface area contributed by atoms with E-state index in [9.17, 15) is 9.59 Å². The summed E-state index contributed by atoms with van der Waals surface area (Å²) in [4.78, 5) is 23.0. The quantitative estimate of drug-likeness (QED) is 0.471. The van der Waals surface area contributed by atoms with Crippen LogP contribution in [-0.2, 0) is 16.0 Å². The van der Waals surface area contributed by atoms with Crippen LogP contribution in [0.4, 0.5) is 0 Å². The van der Waals surface area contributed by atoms with Gasteiger partial charge in [0.05, 0.1) is 9.93 Å². The van der Waals surface area contributed by atoms with E-state index in [0.29, 0.717) is 31.3 Å². The fraction of sp³-hybridized carbons (Fsp3) is 0.105. The van der Waals surface area contributed by atoms with Crippen LogP contribution in [0.5, 0.6) is 11.5 Å². The third kappa shape index (κ3) is 5.11. The summed E-state index contributed by atoms with van der Waals surface area (Å²) in [6.07, 6.45) is 1.91. The summed E-state index contributed by atoms with van der Waals surface area (Å²) >= 11 is 12.5. The Hall–Kier alpha value is -2.39. The van der Waals surface area contributed by atoms with E-state index in [1.807, 2.05) is 0 Å². The highest BCUT2D eigenvalue weighted by atomic mass is 35.5. The minimum absolute atomic E-state index is 0.236. The van der Waals surface area contributed by atoms with Crippen molar-refractivity contribution < 1.29 is 19.4 Å². The number of carboxylic acids is 1. The molecule has 9 heteroatoms. The number of ether oxygens (including phenoxy) is 1. The predicted molar refractivity (Wildman–Crippen MR) is 114 cm³/mol. The van der Waals surface area contributed by atoms with Crippen molar-refractivity contribution >= 4 is 57.9 Å². The lowest BCUT2D eigenvalue weighted by Crippen LogP contribution is -2.32. The van der Waals surface area contributed by atoms with Gasteiger partial charge in [0.25, 0.3) is 5.91 Å². The highest BCUT2D eigenvalue weighted by Crippen LogP contribution is 2.31. The van der Waals surface area contributed by atoms with Gasteiger partial charge in [0.15, 0.2) is 0 Å². The summed E-state index contributed by atoms with van der Waals surface area (Å²) < 4.78 is 6.19. The molecule has 2 aromatic carbocycles. The number of nitrogens with one attached hydrogen (secondary N) is 1. The van der Waals surface area contributed by atoms with Crippen molar-refractivity contribution in [3.05, 3.63) is 63.5 Å². The number of thiocarbonyl (C=S) groups is 1. The maximum Gasteiger partial charge on any atom is 0.320 e. The lowest BCUT2D eigenvalue weighted by atomic mass is 10.1. The third-order valence-corrected chi connectivity index (χ3v) is 5.32. The Morgan fingerprint density at radius 3 is 2.54 bits per heavy atom. The van der Waals surface area contributed by atoms with Gasteiger partial charge in [0.2, 0.25) is 0 Å². The van der Waals surface area contributed by atoms with Gasteiger partial charge >= 0.3 is 5.97 Å². The van der Waals surface area contributed by atoms with Gasteiger partial charge in [0.1, 0.15) is 21.9 Å². The van der Waals surface area contributed by atoms with E-state index in [1.165, 1.54) is 11.8 Å².